The smallest absolute Gasteiger partial charge is 0.0108 e. The maximum absolute atomic E-state index is 3.59. The van der Waals surface area contributed by atoms with Crippen LogP contribution in [0.25, 0.3) is 0 Å². The second-order valence-corrected chi connectivity index (χ2v) is 7.91. The molecular weight excluding hydrogens is 276 g/mol. The summed E-state index contributed by atoms with van der Waals surface area (Å²) >= 11 is 2.04. The fourth-order valence-electron chi connectivity index (χ4n) is 3.47. The van der Waals surface area contributed by atoms with E-state index in [4.69, 9.17) is 0 Å². The van der Waals surface area contributed by atoms with Crippen LogP contribution in [0.2, 0.25) is 0 Å². The molecule has 21 heavy (non-hydrogen) atoms. The Morgan fingerprint density at radius 2 is 2.00 bits per heavy atom. The van der Waals surface area contributed by atoms with E-state index in [9.17, 15) is 0 Å². The zero-order valence-electron chi connectivity index (χ0n) is 13.3. The zero-order valence-corrected chi connectivity index (χ0v) is 14.2. The van der Waals surface area contributed by atoms with Crippen LogP contribution in [0.4, 0.5) is 0 Å². The van der Waals surface area contributed by atoms with Crippen molar-refractivity contribution in [3.63, 3.8) is 0 Å². The van der Waals surface area contributed by atoms with Crippen LogP contribution in [0, 0.1) is 5.92 Å². The number of nitrogens with zero attached hydrogens (tertiary/aromatic N) is 1. The van der Waals surface area contributed by atoms with Crippen molar-refractivity contribution in [2.24, 2.45) is 5.92 Å². The third-order valence-corrected chi connectivity index (χ3v) is 6.05. The first-order chi connectivity index (χ1) is 10.2. The Hall–Kier alpha value is -0.510. The zero-order chi connectivity index (χ0) is 14.7. The number of piperidine rings is 1. The summed E-state index contributed by atoms with van der Waals surface area (Å²) in [6, 6.07) is 9.60. The van der Waals surface area contributed by atoms with E-state index in [1.54, 1.807) is 5.56 Å². The third-order valence-electron chi connectivity index (χ3n) is 4.80. The molecule has 0 bridgehead atoms. The lowest BCUT2D eigenvalue weighted by atomic mass is 9.94. The molecule has 116 valence electrons. The minimum atomic E-state index is 0.620. The summed E-state index contributed by atoms with van der Waals surface area (Å²) in [7, 11) is 0. The van der Waals surface area contributed by atoms with Crippen molar-refractivity contribution in [3.8, 4) is 0 Å². The summed E-state index contributed by atoms with van der Waals surface area (Å²) < 4.78 is 0. The van der Waals surface area contributed by atoms with Crippen LogP contribution in [0.5, 0.6) is 0 Å². The van der Waals surface area contributed by atoms with E-state index < -0.39 is 0 Å². The highest BCUT2D eigenvalue weighted by Crippen LogP contribution is 2.39. The van der Waals surface area contributed by atoms with Crippen molar-refractivity contribution < 1.29 is 0 Å². The molecule has 0 saturated carbocycles. The molecular formula is C18H28N2S. The summed E-state index contributed by atoms with van der Waals surface area (Å²) in [5.41, 5.74) is 1.59. The van der Waals surface area contributed by atoms with E-state index in [-0.39, 0.29) is 0 Å². The fraction of sp³-hybridized carbons (Fsp3) is 0.667. The third kappa shape index (κ3) is 4.02. The summed E-state index contributed by atoms with van der Waals surface area (Å²) in [4.78, 5) is 4.21. The lowest BCUT2D eigenvalue weighted by Crippen LogP contribution is -2.40. The number of hydrogen-bond donors (Lipinski definition) is 1. The summed E-state index contributed by atoms with van der Waals surface area (Å²) in [6.07, 6.45) is 2.72. The first kappa shape index (κ1) is 15.4. The Balaban J connectivity index is 1.46. The molecule has 0 aromatic heterocycles. The van der Waals surface area contributed by atoms with E-state index >= 15 is 0 Å². The average molecular weight is 305 g/mol. The van der Waals surface area contributed by atoms with Crippen LogP contribution in [-0.2, 0) is 0 Å². The first-order valence-corrected chi connectivity index (χ1v) is 9.38. The van der Waals surface area contributed by atoms with Gasteiger partial charge >= 0.3 is 0 Å². The maximum atomic E-state index is 3.59. The van der Waals surface area contributed by atoms with Gasteiger partial charge < -0.3 is 10.2 Å². The molecule has 1 aromatic rings. The molecule has 0 spiro atoms. The molecule has 1 N–H and O–H groups in total. The SMILES string of the molecule is CC(C)NCC1CCN(CC2CSc3ccccc32)CC1. The molecule has 1 atom stereocenters. The second-order valence-electron chi connectivity index (χ2n) is 6.85. The number of benzene rings is 1. The van der Waals surface area contributed by atoms with E-state index in [0.717, 1.165) is 11.8 Å². The minimum Gasteiger partial charge on any atom is -0.314 e. The molecule has 0 aliphatic carbocycles. The molecule has 1 aromatic carbocycles. The van der Waals surface area contributed by atoms with Gasteiger partial charge in [-0.25, -0.2) is 0 Å². The van der Waals surface area contributed by atoms with Gasteiger partial charge in [-0.15, -0.1) is 11.8 Å². The molecule has 2 heterocycles. The molecule has 0 amide bonds. The van der Waals surface area contributed by atoms with Crippen LogP contribution in [0.3, 0.4) is 0 Å². The Kier molecular flexibility index (Phi) is 5.25. The molecule has 2 nitrogen and oxygen atoms in total. The highest BCUT2D eigenvalue weighted by atomic mass is 32.2. The maximum Gasteiger partial charge on any atom is 0.0108 e. The van der Waals surface area contributed by atoms with E-state index in [1.165, 1.54) is 49.7 Å². The highest BCUT2D eigenvalue weighted by molar-refractivity contribution is 7.99. The number of rotatable bonds is 5. The van der Waals surface area contributed by atoms with Crippen LogP contribution in [-0.4, -0.2) is 42.9 Å². The highest BCUT2D eigenvalue weighted by Gasteiger charge is 2.27. The molecule has 0 radical (unpaired) electrons. The predicted octanol–water partition coefficient (Wildman–Crippen LogP) is 3.59. The van der Waals surface area contributed by atoms with Crippen molar-refractivity contribution in [2.75, 3.05) is 31.9 Å². The van der Waals surface area contributed by atoms with Gasteiger partial charge in [0.05, 0.1) is 0 Å². The van der Waals surface area contributed by atoms with Gasteiger partial charge in [0, 0.05) is 29.2 Å². The van der Waals surface area contributed by atoms with E-state index in [2.05, 4.69) is 48.3 Å². The lowest BCUT2D eigenvalue weighted by Gasteiger charge is -2.34. The van der Waals surface area contributed by atoms with Gasteiger partial charge in [-0.3, -0.25) is 0 Å². The molecule has 1 unspecified atom stereocenters. The fourth-order valence-corrected chi connectivity index (χ4v) is 4.71. The molecule has 2 aliphatic rings. The van der Waals surface area contributed by atoms with Crippen LogP contribution in [0.15, 0.2) is 29.2 Å². The Bertz CT molecular complexity index is 452. The second kappa shape index (κ2) is 7.17. The summed E-state index contributed by atoms with van der Waals surface area (Å²) in [5, 5.41) is 3.59. The first-order valence-electron chi connectivity index (χ1n) is 8.40. The number of nitrogens with one attached hydrogen (secondary N) is 1. The van der Waals surface area contributed by atoms with Gasteiger partial charge in [0.15, 0.2) is 0 Å². The van der Waals surface area contributed by atoms with Crippen LogP contribution in [0.1, 0.15) is 38.2 Å². The van der Waals surface area contributed by atoms with Gasteiger partial charge in [0.1, 0.15) is 0 Å². The largest absolute Gasteiger partial charge is 0.314 e. The van der Waals surface area contributed by atoms with Crippen molar-refractivity contribution >= 4 is 11.8 Å². The Labute approximate surface area is 133 Å². The van der Waals surface area contributed by atoms with Gasteiger partial charge in [0.25, 0.3) is 0 Å². The molecule has 3 heteroatoms. The van der Waals surface area contributed by atoms with Gasteiger partial charge in [-0.05, 0) is 50.0 Å². The number of fused-ring (bicyclic) bond motifs is 1. The quantitative estimate of drug-likeness (QED) is 0.895. The van der Waals surface area contributed by atoms with Crippen LogP contribution < -0.4 is 5.32 Å². The monoisotopic (exact) mass is 304 g/mol. The summed E-state index contributed by atoms with van der Waals surface area (Å²) in [5.74, 6) is 2.90. The van der Waals surface area contributed by atoms with E-state index in [1.807, 2.05) is 11.8 Å². The normalized spacial score (nSPS) is 23.7. The number of likely N-dealkylation sites (tertiary alicyclic amines) is 1. The Morgan fingerprint density at radius 1 is 1.24 bits per heavy atom. The summed E-state index contributed by atoms with van der Waals surface area (Å²) in [6.45, 7) is 9.51. The van der Waals surface area contributed by atoms with Gasteiger partial charge in [-0.1, -0.05) is 32.0 Å². The van der Waals surface area contributed by atoms with Crippen molar-refractivity contribution in [1.82, 2.24) is 10.2 Å². The molecule has 2 aliphatic heterocycles. The van der Waals surface area contributed by atoms with Gasteiger partial charge in [-0.2, -0.15) is 0 Å². The molecule has 3 rings (SSSR count). The van der Waals surface area contributed by atoms with Crippen LogP contribution >= 0.6 is 11.8 Å². The van der Waals surface area contributed by atoms with Gasteiger partial charge in [0.2, 0.25) is 0 Å². The number of thioether (sulfide) groups is 1. The topological polar surface area (TPSA) is 15.3 Å². The van der Waals surface area contributed by atoms with E-state index in [0.29, 0.717) is 6.04 Å². The Morgan fingerprint density at radius 3 is 2.76 bits per heavy atom. The van der Waals surface area contributed by atoms with Crippen molar-refractivity contribution in [1.29, 1.82) is 0 Å². The van der Waals surface area contributed by atoms with Crippen molar-refractivity contribution in [3.05, 3.63) is 29.8 Å². The van der Waals surface area contributed by atoms with Crippen molar-refractivity contribution in [2.45, 2.75) is 43.5 Å². The molecule has 1 fully saturated rings. The molecule has 1 saturated heterocycles. The lowest BCUT2D eigenvalue weighted by molar-refractivity contribution is 0.175. The predicted molar refractivity (Wildman–Crippen MR) is 92.2 cm³/mol. The number of hydrogen-bond acceptors (Lipinski definition) is 3. The average Bonchev–Trinajstić information content (AvgIpc) is 2.90. The standard InChI is InChI=1S/C18H28N2S/c1-14(2)19-11-15-7-9-20(10-8-15)12-16-13-21-18-6-4-3-5-17(16)18/h3-6,14-16,19H,7-13H2,1-2H3. The minimum absolute atomic E-state index is 0.620.